The summed E-state index contributed by atoms with van der Waals surface area (Å²) in [6.45, 7) is 2.03. The van der Waals surface area contributed by atoms with Gasteiger partial charge in [-0.25, -0.2) is 5.43 Å². The number of ether oxygens (including phenoxy) is 1. The Morgan fingerprint density at radius 3 is 2.60 bits per heavy atom. The molecule has 2 aromatic heterocycles. The van der Waals surface area contributed by atoms with Crippen molar-refractivity contribution in [3.8, 4) is 5.75 Å². The summed E-state index contributed by atoms with van der Waals surface area (Å²) in [5.41, 5.74) is 6.34. The van der Waals surface area contributed by atoms with Crippen LogP contribution in [0.2, 0.25) is 0 Å². The molecule has 1 aliphatic rings. The Morgan fingerprint density at radius 1 is 1.09 bits per heavy atom. The molecule has 0 saturated carbocycles. The van der Waals surface area contributed by atoms with Crippen LogP contribution in [0.5, 0.6) is 5.75 Å². The average molecular weight is 486 g/mol. The lowest BCUT2D eigenvalue weighted by Crippen LogP contribution is -2.20. The van der Waals surface area contributed by atoms with Gasteiger partial charge in [0.2, 0.25) is 5.76 Å². The quantitative estimate of drug-likeness (QED) is 0.208. The molecule has 0 unspecified atom stereocenters. The molecular formula is C26H19N3O5S. The lowest BCUT2D eigenvalue weighted by atomic mass is 9.82. The number of hydrazone groups is 1. The van der Waals surface area contributed by atoms with E-state index in [4.69, 9.17) is 9.15 Å². The maximum atomic E-state index is 12.4. The maximum Gasteiger partial charge on any atom is 0.433 e. The van der Waals surface area contributed by atoms with Crippen LogP contribution in [0.4, 0.5) is 5.88 Å². The monoisotopic (exact) mass is 485 g/mol. The zero-order valence-corrected chi connectivity index (χ0v) is 19.3. The predicted molar refractivity (Wildman–Crippen MR) is 133 cm³/mol. The fourth-order valence-electron chi connectivity index (χ4n) is 3.89. The number of hydrogen-bond acceptors (Lipinski definition) is 7. The smallest absolute Gasteiger partial charge is 0.433 e. The SMILES string of the molecule is Cc1ccc([C@@H]2C(/C=N\NC(=O)c3ccc([N+](=O)[O-])o3)=C(c3cccs3)Oc3ccccc32)cc1. The molecule has 1 N–H and O–H groups in total. The van der Waals surface area contributed by atoms with Gasteiger partial charge in [0.05, 0.1) is 17.2 Å². The second-order valence-electron chi connectivity index (χ2n) is 7.84. The van der Waals surface area contributed by atoms with Gasteiger partial charge < -0.3 is 9.15 Å². The van der Waals surface area contributed by atoms with Crippen molar-refractivity contribution in [2.24, 2.45) is 5.10 Å². The van der Waals surface area contributed by atoms with Crippen molar-refractivity contribution in [3.63, 3.8) is 0 Å². The summed E-state index contributed by atoms with van der Waals surface area (Å²) in [4.78, 5) is 23.5. The molecule has 0 bridgehead atoms. The van der Waals surface area contributed by atoms with Crippen LogP contribution in [0.25, 0.3) is 5.76 Å². The maximum absolute atomic E-state index is 12.4. The number of carbonyl (C=O) groups excluding carboxylic acids is 1. The Hall–Kier alpha value is -4.50. The molecule has 9 heteroatoms. The van der Waals surface area contributed by atoms with Crippen LogP contribution < -0.4 is 10.2 Å². The van der Waals surface area contributed by atoms with E-state index in [1.165, 1.54) is 17.4 Å². The van der Waals surface area contributed by atoms with Gasteiger partial charge in [0, 0.05) is 17.1 Å². The van der Waals surface area contributed by atoms with Gasteiger partial charge in [-0.1, -0.05) is 54.1 Å². The Bertz CT molecular complexity index is 1450. The lowest BCUT2D eigenvalue weighted by Gasteiger charge is -2.29. The summed E-state index contributed by atoms with van der Waals surface area (Å²) in [6, 6.07) is 22.3. The minimum absolute atomic E-state index is 0.192. The number of nitro groups is 1. The average Bonchev–Trinajstić information content (AvgIpc) is 3.57. The molecule has 0 radical (unpaired) electrons. The number of rotatable bonds is 6. The van der Waals surface area contributed by atoms with Crippen LogP contribution in [0.1, 0.15) is 38.0 Å². The van der Waals surface area contributed by atoms with E-state index in [2.05, 4.69) is 34.8 Å². The number of carbonyl (C=O) groups is 1. The molecule has 1 amide bonds. The predicted octanol–water partition coefficient (Wildman–Crippen LogP) is 5.91. The Kier molecular flexibility index (Phi) is 5.99. The normalized spacial score (nSPS) is 15.1. The first-order chi connectivity index (χ1) is 17.0. The highest BCUT2D eigenvalue weighted by Gasteiger charge is 2.31. The summed E-state index contributed by atoms with van der Waals surface area (Å²) < 4.78 is 11.3. The lowest BCUT2D eigenvalue weighted by molar-refractivity contribution is -0.402. The standard InChI is InChI=1S/C26H19N3O5S/c1-16-8-10-17(11-9-16)24-18-5-2-3-6-20(18)34-25(22-7-4-14-35-22)19(24)15-27-28-26(30)21-12-13-23(33-21)29(31)32/h2-15,24H,1H3,(H,28,30)/b27-15-/t24-/m0/s1. The molecule has 5 rings (SSSR count). The number of furan rings is 1. The van der Waals surface area contributed by atoms with Crippen molar-refractivity contribution in [2.45, 2.75) is 12.8 Å². The largest absolute Gasteiger partial charge is 0.455 e. The van der Waals surface area contributed by atoms with Crippen molar-refractivity contribution in [2.75, 3.05) is 0 Å². The molecule has 0 spiro atoms. The Morgan fingerprint density at radius 2 is 1.89 bits per heavy atom. The van der Waals surface area contributed by atoms with Crippen molar-refractivity contribution in [3.05, 3.63) is 121 Å². The summed E-state index contributed by atoms with van der Waals surface area (Å²) in [7, 11) is 0. The highest BCUT2D eigenvalue weighted by molar-refractivity contribution is 7.11. The first-order valence-corrected chi connectivity index (χ1v) is 11.6. The van der Waals surface area contributed by atoms with Crippen molar-refractivity contribution in [1.82, 2.24) is 5.43 Å². The third-order valence-corrected chi connectivity index (χ3v) is 6.40. The van der Waals surface area contributed by atoms with Crippen LogP contribution in [0.3, 0.4) is 0 Å². The highest BCUT2D eigenvalue weighted by Crippen LogP contribution is 2.45. The van der Waals surface area contributed by atoms with Gasteiger partial charge in [0.15, 0.2) is 0 Å². The molecule has 0 fully saturated rings. The minimum Gasteiger partial charge on any atom is -0.455 e. The first kappa shape index (κ1) is 22.3. The number of nitrogens with one attached hydrogen (secondary N) is 1. The molecule has 35 heavy (non-hydrogen) atoms. The summed E-state index contributed by atoms with van der Waals surface area (Å²) in [6.07, 6.45) is 1.56. The van der Waals surface area contributed by atoms with Gasteiger partial charge in [-0.3, -0.25) is 14.9 Å². The van der Waals surface area contributed by atoms with E-state index in [1.54, 1.807) is 6.21 Å². The zero-order valence-electron chi connectivity index (χ0n) is 18.5. The molecular weight excluding hydrogens is 466 g/mol. The van der Waals surface area contributed by atoms with E-state index < -0.39 is 16.7 Å². The molecule has 0 saturated heterocycles. The first-order valence-electron chi connectivity index (χ1n) is 10.7. The van der Waals surface area contributed by atoms with Gasteiger partial charge in [-0.05, 0) is 36.1 Å². The summed E-state index contributed by atoms with van der Waals surface area (Å²) >= 11 is 1.54. The number of hydrogen-bond donors (Lipinski definition) is 1. The molecule has 3 heterocycles. The molecule has 174 valence electrons. The number of benzene rings is 2. The summed E-state index contributed by atoms with van der Waals surface area (Å²) in [5, 5.41) is 17.0. The van der Waals surface area contributed by atoms with E-state index in [0.29, 0.717) is 5.76 Å². The topological polar surface area (TPSA) is 107 Å². The van der Waals surface area contributed by atoms with E-state index >= 15 is 0 Å². The van der Waals surface area contributed by atoms with Crippen LogP contribution in [0, 0.1) is 17.0 Å². The van der Waals surface area contributed by atoms with Crippen molar-refractivity contribution < 1.29 is 18.9 Å². The second kappa shape index (κ2) is 9.40. The van der Waals surface area contributed by atoms with Gasteiger partial charge in [0.1, 0.15) is 16.4 Å². The number of allylic oxidation sites excluding steroid dienone is 1. The van der Waals surface area contributed by atoms with Gasteiger partial charge in [0.25, 0.3) is 0 Å². The second-order valence-corrected chi connectivity index (χ2v) is 8.79. The summed E-state index contributed by atoms with van der Waals surface area (Å²) in [5.74, 6) is -0.207. The molecule has 4 aromatic rings. The van der Waals surface area contributed by atoms with Gasteiger partial charge in [-0.15, -0.1) is 11.3 Å². The fourth-order valence-corrected chi connectivity index (χ4v) is 4.62. The third kappa shape index (κ3) is 4.49. The highest BCUT2D eigenvalue weighted by atomic mass is 32.1. The van der Waals surface area contributed by atoms with Crippen molar-refractivity contribution in [1.29, 1.82) is 0 Å². The Labute approximate surface area is 204 Å². The van der Waals surface area contributed by atoms with Crippen LogP contribution in [0.15, 0.2) is 93.3 Å². The molecule has 2 aromatic carbocycles. The van der Waals surface area contributed by atoms with E-state index in [9.17, 15) is 14.9 Å². The van der Waals surface area contributed by atoms with Crippen LogP contribution in [-0.4, -0.2) is 17.0 Å². The molecule has 1 atom stereocenters. The van der Waals surface area contributed by atoms with Crippen LogP contribution in [-0.2, 0) is 0 Å². The molecule has 1 aliphatic heterocycles. The number of amides is 1. The molecule has 0 aliphatic carbocycles. The number of fused-ring (bicyclic) bond motifs is 1. The number of aryl methyl sites for hydroxylation is 1. The number of para-hydroxylation sites is 1. The van der Waals surface area contributed by atoms with Crippen molar-refractivity contribution >= 4 is 35.1 Å². The number of thiophene rings is 1. The molecule has 8 nitrogen and oxygen atoms in total. The van der Waals surface area contributed by atoms with E-state index in [0.717, 1.165) is 39.0 Å². The third-order valence-electron chi connectivity index (χ3n) is 5.54. The number of nitrogens with zero attached hydrogens (tertiary/aromatic N) is 2. The van der Waals surface area contributed by atoms with E-state index in [1.807, 2.05) is 48.7 Å². The van der Waals surface area contributed by atoms with Gasteiger partial charge >= 0.3 is 11.8 Å². The van der Waals surface area contributed by atoms with Crippen LogP contribution >= 0.6 is 11.3 Å². The zero-order chi connectivity index (χ0) is 24.4. The Balaban J connectivity index is 1.55. The van der Waals surface area contributed by atoms with E-state index in [-0.39, 0.29) is 11.7 Å². The van der Waals surface area contributed by atoms with Gasteiger partial charge in [-0.2, -0.15) is 5.10 Å². The minimum atomic E-state index is -0.707. The fraction of sp³-hybridized carbons (Fsp3) is 0.0769.